The van der Waals surface area contributed by atoms with Crippen LogP contribution in [0.5, 0.6) is 5.88 Å². The Balaban J connectivity index is 0.982. The van der Waals surface area contributed by atoms with E-state index in [0.717, 1.165) is 61.7 Å². The summed E-state index contributed by atoms with van der Waals surface area (Å²) >= 11 is 5.94. The Labute approximate surface area is 300 Å². The van der Waals surface area contributed by atoms with E-state index in [0.29, 0.717) is 60.6 Å². The van der Waals surface area contributed by atoms with Gasteiger partial charge in [0.25, 0.3) is 5.91 Å². The zero-order chi connectivity index (χ0) is 35.5. The molecular weight excluding hydrogens is 674 g/mol. The minimum absolute atomic E-state index is 0.0910. The molecule has 3 aliphatic heterocycles. The Morgan fingerprint density at radius 3 is 2.63 bits per heavy atom. The molecule has 3 aliphatic rings. The van der Waals surface area contributed by atoms with Crippen LogP contribution >= 0.6 is 11.6 Å². The lowest BCUT2D eigenvalue weighted by Gasteiger charge is -2.32. The summed E-state index contributed by atoms with van der Waals surface area (Å²) in [5, 5.41) is 12.8. The van der Waals surface area contributed by atoms with E-state index in [1.807, 2.05) is 31.2 Å². The number of pyridine rings is 2. The second-order valence-electron chi connectivity index (χ2n) is 13.8. The lowest BCUT2D eigenvalue weighted by Crippen LogP contribution is -2.45. The number of piperidine rings is 1. The van der Waals surface area contributed by atoms with Gasteiger partial charge in [-0.3, -0.25) is 19.5 Å². The molecule has 3 atom stereocenters. The maximum absolute atomic E-state index is 13.1. The van der Waals surface area contributed by atoms with Crippen molar-refractivity contribution in [1.82, 2.24) is 34.6 Å². The Kier molecular flexibility index (Phi) is 10.5. The Morgan fingerprint density at radius 2 is 1.90 bits per heavy atom. The topological polar surface area (TPSA) is 152 Å². The minimum Gasteiger partial charge on any atom is -0.480 e. The highest BCUT2D eigenvalue weighted by Gasteiger charge is 2.37. The highest BCUT2D eigenvalue weighted by Crippen LogP contribution is 2.30. The van der Waals surface area contributed by atoms with Crippen molar-refractivity contribution < 1.29 is 29.0 Å². The van der Waals surface area contributed by atoms with Gasteiger partial charge in [-0.25, -0.2) is 14.8 Å². The number of hydrogen-bond donors (Lipinski definition) is 2. The molecule has 6 heterocycles. The quantitative estimate of drug-likeness (QED) is 0.218. The molecule has 3 fully saturated rings. The van der Waals surface area contributed by atoms with E-state index in [-0.39, 0.29) is 18.6 Å². The Bertz CT molecular complexity index is 1890. The first kappa shape index (κ1) is 34.8. The van der Waals surface area contributed by atoms with Crippen LogP contribution in [0.2, 0.25) is 5.02 Å². The van der Waals surface area contributed by atoms with Crippen LogP contribution < -0.4 is 10.1 Å². The number of fused-ring (bicyclic) bond motifs is 1. The molecule has 13 nitrogen and oxygen atoms in total. The lowest BCUT2D eigenvalue weighted by atomic mass is 9.93. The number of carboxylic acids is 1. The first-order valence-electron chi connectivity index (χ1n) is 17.5. The van der Waals surface area contributed by atoms with Crippen LogP contribution in [-0.4, -0.2) is 97.1 Å². The zero-order valence-electron chi connectivity index (χ0n) is 28.5. The summed E-state index contributed by atoms with van der Waals surface area (Å²) in [6.07, 6.45) is 5.03. The molecule has 2 amide bonds. The van der Waals surface area contributed by atoms with Gasteiger partial charge in [-0.05, 0) is 81.1 Å². The molecule has 3 saturated heterocycles. The number of benzene rings is 1. The van der Waals surface area contributed by atoms with E-state index in [1.54, 1.807) is 24.4 Å². The summed E-state index contributed by atoms with van der Waals surface area (Å²) in [4.78, 5) is 55.4. The zero-order valence-corrected chi connectivity index (χ0v) is 29.3. The molecular formula is C37H42ClN7O6. The van der Waals surface area contributed by atoms with E-state index in [1.165, 1.54) is 4.90 Å². The molecule has 51 heavy (non-hydrogen) atoms. The summed E-state index contributed by atoms with van der Waals surface area (Å²) in [5.41, 5.74) is 3.82. The third-order valence-electron chi connectivity index (χ3n) is 10.1. The van der Waals surface area contributed by atoms with Crippen LogP contribution in [0.25, 0.3) is 11.0 Å². The van der Waals surface area contributed by atoms with E-state index < -0.39 is 23.8 Å². The predicted octanol–water partition coefficient (Wildman–Crippen LogP) is 4.28. The second-order valence-corrected chi connectivity index (χ2v) is 14.2. The van der Waals surface area contributed by atoms with E-state index >= 15 is 0 Å². The van der Waals surface area contributed by atoms with Crippen molar-refractivity contribution in [3.63, 3.8) is 0 Å². The normalized spacial score (nSPS) is 21.1. The molecule has 0 aliphatic carbocycles. The molecule has 0 bridgehead atoms. The van der Waals surface area contributed by atoms with Crippen molar-refractivity contribution in [2.75, 3.05) is 32.8 Å². The third-order valence-corrected chi connectivity index (χ3v) is 10.3. The summed E-state index contributed by atoms with van der Waals surface area (Å²) in [6.45, 7) is 6.20. The minimum atomic E-state index is -1.02. The number of aromatic nitrogens is 4. The monoisotopic (exact) mass is 715 g/mol. The number of likely N-dealkylation sites (tertiary alicyclic amines) is 2. The second kappa shape index (κ2) is 15.3. The third kappa shape index (κ3) is 8.16. The molecule has 7 rings (SSSR count). The maximum Gasteiger partial charge on any atom is 0.326 e. The number of carbonyl (C=O) groups excluding carboxylic acids is 2. The van der Waals surface area contributed by atoms with Crippen LogP contribution in [0.3, 0.4) is 0 Å². The Hall–Kier alpha value is -4.59. The molecule has 2 N–H and O–H groups in total. The van der Waals surface area contributed by atoms with Gasteiger partial charge < -0.3 is 29.4 Å². The number of nitrogens with zero attached hydrogens (tertiary/aromatic N) is 6. The van der Waals surface area contributed by atoms with E-state index in [2.05, 4.69) is 25.8 Å². The fourth-order valence-electron chi connectivity index (χ4n) is 7.16. The number of carbonyl (C=O) groups is 3. The van der Waals surface area contributed by atoms with Gasteiger partial charge in [0.1, 0.15) is 18.5 Å². The molecule has 0 unspecified atom stereocenters. The van der Waals surface area contributed by atoms with Gasteiger partial charge in [0.05, 0.1) is 47.5 Å². The van der Waals surface area contributed by atoms with Gasteiger partial charge in [0, 0.05) is 42.6 Å². The molecule has 0 radical (unpaired) electrons. The summed E-state index contributed by atoms with van der Waals surface area (Å²) in [5.74, 6) is 0.0655. The van der Waals surface area contributed by atoms with Crippen LogP contribution in [0, 0.1) is 5.92 Å². The first-order valence-corrected chi connectivity index (χ1v) is 17.9. The van der Waals surface area contributed by atoms with Crippen molar-refractivity contribution in [1.29, 1.82) is 0 Å². The molecule has 3 aromatic heterocycles. The van der Waals surface area contributed by atoms with Crippen molar-refractivity contribution >= 4 is 40.4 Å². The summed E-state index contributed by atoms with van der Waals surface area (Å²) < 4.78 is 13.9. The summed E-state index contributed by atoms with van der Waals surface area (Å²) in [7, 11) is 0. The van der Waals surface area contributed by atoms with Gasteiger partial charge in [-0.1, -0.05) is 24.6 Å². The average molecular weight is 716 g/mol. The molecule has 268 valence electrons. The van der Waals surface area contributed by atoms with Gasteiger partial charge >= 0.3 is 5.97 Å². The fraction of sp³-hybridized carbons (Fsp3) is 0.459. The van der Waals surface area contributed by atoms with E-state index in [9.17, 15) is 19.5 Å². The number of halogens is 1. The number of nitrogens with one attached hydrogen (secondary N) is 1. The largest absolute Gasteiger partial charge is 0.480 e. The number of rotatable bonds is 12. The van der Waals surface area contributed by atoms with Crippen LogP contribution in [0.1, 0.15) is 66.1 Å². The predicted molar refractivity (Wildman–Crippen MR) is 188 cm³/mol. The standard InChI is InChI=1S/C37H42ClN7O6/c1-23-15-32(37(48)49)45(19-23)35(46)18-40-36(47)25-5-8-31-30(16-25)41-33(44(31)20-28-11-14-50-28)21-43-12-9-24(10-13-43)29-3-2-4-34(42-29)51-22-27-7-6-26(38)17-39-27/h2-8,16-17,23-24,28,32H,9-15,18-22H2,1H3,(H,40,47)(H,48,49)/t23-,28-,32-/m0/s1. The van der Waals surface area contributed by atoms with Gasteiger partial charge in [-0.15, -0.1) is 0 Å². The van der Waals surface area contributed by atoms with Crippen LogP contribution in [-0.2, 0) is 34.0 Å². The van der Waals surface area contributed by atoms with Gasteiger partial charge in [-0.2, -0.15) is 0 Å². The van der Waals surface area contributed by atoms with Crippen molar-refractivity contribution in [3.8, 4) is 5.88 Å². The number of imidazole rings is 1. The SMILES string of the molecule is C[C@H]1C[C@@H](C(=O)O)N(C(=O)CNC(=O)c2ccc3c(c2)nc(CN2CCC(c4cccc(OCc5ccc(Cl)cn5)n4)CC2)n3C[C@@H]2CCO2)C1. The highest BCUT2D eigenvalue weighted by atomic mass is 35.5. The number of carboxylic acid groups (broad SMARTS) is 1. The van der Waals surface area contributed by atoms with Crippen LogP contribution in [0.4, 0.5) is 0 Å². The summed E-state index contributed by atoms with van der Waals surface area (Å²) in [6, 6.07) is 14.1. The van der Waals surface area contributed by atoms with Crippen LogP contribution in [0.15, 0.2) is 54.7 Å². The number of hydrogen-bond acceptors (Lipinski definition) is 9. The maximum atomic E-state index is 13.1. The fourth-order valence-corrected chi connectivity index (χ4v) is 7.27. The van der Waals surface area contributed by atoms with Crippen molar-refractivity contribution in [2.45, 2.75) is 70.4 Å². The molecule has 0 saturated carbocycles. The lowest BCUT2D eigenvalue weighted by molar-refractivity contribution is -0.147. The molecule has 4 aromatic rings. The molecule has 1 aromatic carbocycles. The van der Waals surface area contributed by atoms with Gasteiger partial charge in [0.15, 0.2) is 0 Å². The molecule has 14 heteroatoms. The first-order chi connectivity index (χ1) is 24.7. The van der Waals surface area contributed by atoms with Crippen molar-refractivity contribution in [3.05, 3.63) is 82.5 Å². The number of amides is 2. The number of ether oxygens (including phenoxy) is 2. The van der Waals surface area contributed by atoms with Crippen molar-refractivity contribution in [2.24, 2.45) is 5.92 Å². The average Bonchev–Trinajstić information content (AvgIpc) is 3.68. The Morgan fingerprint density at radius 1 is 1.08 bits per heavy atom. The number of aliphatic carboxylic acids is 1. The van der Waals surface area contributed by atoms with E-state index in [4.69, 9.17) is 31.0 Å². The smallest absolute Gasteiger partial charge is 0.326 e. The highest BCUT2D eigenvalue weighted by molar-refractivity contribution is 6.30. The van der Waals surface area contributed by atoms with Gasteiger partial charge in [0.2, 0.25) is 11.8 Å². The molecule has 0 spiro atoms.